The highest BCUT2D eigenvalue weighted by Gasteiger charge is 2.10. The van der Waals surface area contributed by atoms with Crippen LogP contribution >= 0.6 is 11.6 Å². The Morgan fingerprint density at radius 2 is 2.05 bits per heavy atom. The molecule has 108 valence electrons. The second kappa shape index (κ2) is 6.37. The maximum atomic E-state index is 6.35. The highest BCUT2D eigenvalue weighted by Crippen LogP contribution is 2.21. The van der Waals surface area contributed by atoms with Gasteiger partial charge in [0.05, 0.1) is 10.7 Å². The number of rotatable bonds is 5. The minimum absolute atomic E-state index is 0.634. The number of aromatic nitrogens is 3. The summed E-state index contributed by atoms with van der Waals surface area (Å²) in [7, 11) is 0. The van der Waals surface area contributed by atoms with Crippen LogP contribution in [-0.2, 0) is 6.54 Å². The Morgan fingerprint density at radius 3 is 2.60 bits per heavy atom. The van der Waals surface area contributed by atoms with E-state index in [9.17, 15) is 0 Å². The van der Waals surface area contributed by atoms with E-state index < -0.39 is 0 Å². The van der Waals surface area contributed by atoms with Crippen molar-refractivity contribution in [1.29, 1.82) is 0 Å². The van der Waals surface area contributed by atoms with Crippen LogP contribution in [0, 0.1) is 19.8 Å². The van der Waals surface area contributed by atoms with Crippen LogP contribution in [0.1, 0.15) is 30.8 Å². The van der Waals surface area contributed by atoms with E-state index in [1.165, 1.54) is 0 Å². The summed E-state index contributed by atoms with van der Waals surface area (Å²) in [6.45, 7) is 10.1. The molecule has 1 N–H and O–H groups in total. The molecule has 2 aromatic rings. The van der Waals surface area contributed by atoms with Crippen molar-refractivity contribution in [3.8, 4) is 5.82 Å². The Labute approximate surface area is 125 Å². The molecule has 2 rings (SSSR count). The fraction of sp³-hybridized carbons (Fsp3) is 0.467. The summed E-state index contributed by atoms with van der Waals surface area (Å²) in [6.07, 6.45) is 3.62. The summed E-state index contributed by atoms with van der Waals surface area (Å²) in [5.41, 5.74) is 3.14. The lowest BCUT2D eigenvalue weighted by Crippen LogP contribution is -2.19. The molecule has 0 aliphatic heterocycles. The fourth-order valence-corrected chi connectivity index (χ4v) is 2.24. The topological polar surface area (TPSA) is 42.7 Å². The third kappa shape index (κ3) is 3.38. The minimum atomic E-state index is 0.634. The zero-order valence-electron chi connectivity index (χ0n) is 12.4. The Morgan fingerprint density at radius 1 is 1.30 bits per heavy atom. The van der Waals surface area contributed by atoms with Crippen LogP contribution in [0.4, 0.5) is 0 Å². The van der Waals surface area contributed by atoms with Crippen LogP contribution in [0.3, 0.4) is 0 Å². The van der Waals surface area contributed by atoms with Gasteiger partial charge in [0.25, 0.3) is 0 Å². The van der Waals surface area contributed by atoms with Crippen molar-refractivity contribution < 1.29 is 0 Å². The lowest BCUT2D eigenvalue weighted by atomic mass is 10.2. The van der Waals surface area contributed by atoms with Gasteiger partial charge in [0.15, 0.2) is 5.82 Å². The lowest BCUT2D eigenvalue weighted by Gasteiger charge is -2.10. The molecule has 0 saturated carbocycles. The molecule has 0 unspecified atom stereocenters. The number of hydrogen-bond acceptors (Lipinski definition) is 3. The van der Waals surface area contributed by atoms with Gasteiger partial charge in [-0.3, -0.25) is 4.57 Å². The Kier molecular flexibility index (Phi) is 4.78. The maximum Gasteiger partial charge on any atom is 0.156 e. The Bertz CT molecular complexity index is 590. The average molecular weight is 293 g/mol. The molecule has 5 heteroatoms. The molecule has 0 radical (unpaired) electrons. The molecule has 2 heterocycles. The molecule has 0 aliphatic rings. The van der Waals surface area contributed by atoms with Crippen molar-refractivity contribution in [2.75, 3.05) is 6.54 Å². The Hall–Kier alpha value is -1.39. The smallest absolute Gasteiger partial charge is 0.156 e. The van der Waals surface area contributed by atoms with Crippen LogP contribution in [0.15, 0.2) is 18.6 Å². The third-order valence-corrected chi connectivity index (χ3v) is 3.52. The minimum Gasteiger partial charge on any atom is -0.312 e. The van der Waals surface area contributed by atoms with Crippen LogP contribution in [-0.4, -0.2) is 21.1 Å². The number of halogens is 1. The van der Waals surface area contributed by atoms with Gasteiger partial charge in [-0.2, -0.15) is 0 Å². The molecule has 0 spiro atoms. The first-order valence-electron chi connectivity index (χ1n) is 6.85. The van der Waals surface area contributed by atoms with Crippen molar-refractivity contribution in [3.05, 3.63) is 40.6 Å². The second-order valence-electron chi connectivity index (χ2n) is 5.46. The fourth-order valence-electron chi connectivity index (χ4n) is 1.96. The average Bonchev–Trinajstić information content (AvgIpc) is 2.70. The SMILES string of the molecule is Cc1ncn(-c2ncc(CNCC(C)C)cc2Cl)c1C. The molecule has 20 heavy (non-hydrogen) atoms. The lowest BCUT2D eigenvalue weighted by molar-refractivity contribution is 0.552. The molecule has 0 saturated heterocycles. The second-order valence-corrected chi connectivity index (χ2v) is 5.87. The number of pyridine rings is 1. The zero-order valence-corrected chi connectivity index (χ0v) is 13.2. The summed E-state index contributed by atoms with van der Waals surface area (Å²) in [4.78, 5) is 8.75. The van der Waals surface area contributed by atoms with Gasteiger partial charge in [0, 0.05) is 18.4 Å². The first-order chi connectivity index (χ1) is 9.49. The van der Waals surface area contributed by atoms with Crippen molar-refractivity contribution in [2.24, 2.45) is 5.92 Å². The van der Waals surface area contributed by atoms with Gasteiger partial charge in [-0.1, -0.05) is 25.4 Å². The summed E-state index contributed by atoms with van der Waals surface area (Å²) in [5, 5.41) is 4.03. The molecule has 0 amide bonds. The summed E-state index contributed by atoms with van der Waals surface area (Å²) >= 11 is 6.35. The van der Waals surface area contributed by atoms with Gasteiger partial charge in [-0.15, -0.1) is 0 Å². The predicted octanol–water partition coefficient (Wildman–Crippen LogP) is 3.28. The van der Waals surface area contributed by atoms with E-state index in [1.807, 2.05) is 30.7 Å². The number of nitrogens with one attached hydrogen (secondary N) is 1. The van der Waals surface area contributed by atoms with E-state index in [2.05, 4.69) is 29.1 Å². The van der Waals surface area contributed by atoms with Crippen LogP contribution < -0.4 is 5.32 Å². The highest BCUT2D eigenvalue weighted by atomic mass is 35.5. The molecular weight excluding hydrogens is 272 g/mol. The molecule has 2 aromatic heterocycles. The van der Waals surface area contributed by atoms with E-state index in [4.69, 9.17) is 11.6 Å². The van der Waals surface area contributed by atoms with Crippen molar-refractivity contribution in [3.63, 3.8) is 0 Å². The normalized spacial score (nSPS) is 11.3. The quantitative estimate of drug-likeness (QED) is 0.919. The maximum absolute atomic E-state index is 6.35. The Balaban J connectivity index is 2.16. The summed E-state index contributed by atoms with van der Waals surface area (Å²) in [5.74, 6) is 1.37. The first-order valence-corrected chi connectivity index (χ1v) is 7.23. The largest absolute Gasteiger partial charge is 0.312 e. The molecule has 0 aromatic carbocycles. The van der Waals surface area contributed by atoms with Crippen LogP contribution in [0.5, 0.6) is 0 Å². The van der Waals surface area contributed by atoms with Crippen molar-refractivity contribution in [2.45, 2.75) is 34.2 Å². The van der Waals surface area contributed by atoms with Gasteiger partial charge in [-0.25, -0.2) is 9.97 Å². The first kappa shape index (κ1) is 15.0. The molecule has 0 atom stereocenters. The summed E-state index contributed by atoms with van der Waals surface area (Å²) in [6, 6.07) is 1.96. The van der Waals surface area contributed by atoms with Crippen molar-refractivity contribution in [1.82, 2.24) is 19.9 Å². The van der Waals surface area contributed by atoms with E-state index >= 15 is 0 Å². The highest BCUT2D eigenvalue weighted by molar-refractivity contribution is 6.32. The van der Waals surface area contributed by atoms with Crippen molar-refractivity contribution >= 4 is 11.6 Å². The summed E-state index contributed by atoms with van der Waals surface area (Å²) < 4.78 is 1.92. The van der Waals surface area contributed by atoms with Crippen LogP contribution in [0.25, 0.3) is 5.82 Å². The number of hydrogen-bond donors (Lipinski definition) is 1. The predicted molar refractivity (Wildman–Crippen MR) is 82.4 cm³/mol. The zero-order chi connectivity index (χ0) is 14.7. The van der Waals surface area contributed by atoms with E-state index in [-0.39, 0.29) is 0 Å². The molecule has 4 nitrogen and oxygen atoms in total. The van der Waals surface area contributed by atoms with E-state index in [0.717, 1.165) is 35.9 Å². The van der Waals surface area contributed by atoms with Gasteiger partial charge >= 0.3 is 0 Å². The molecule has 0 aliphatic carbocycles. The molecule has 0 bridgehead atoms. The number of imidazole rings is 1. The molecular formula is C15H21ClN4. The van der Waals surface area contributed by atoms with Gasteiger partial charge in [-0.05, 0) is 37.9 Å². The third-order valence-electron chi connectivity index (χ3n) is 3.24. The van der Waals surface area contributed by atoms with Gasteiger partial charge < -0.3 is 5.32 Å². The number of aryl methyl sites for hydroxylation is 1. The van der Waals surface area contributed by atoms with E-state index in [0.29, 0.717) is 10.9 Å². The van der Waals surface area contributed by atoms with E-state index in [1.54, 1.807) is 6.33 Å². The monoisotopic (exact) mass is 292 g/mol. The van der Waals surface area contributed by atoms with Gasteiger partial charge in [0.2, 0.25) is 0 Å². The standard InChI is InChI=1S/C15H21ClN4/c1-10(2)6-17-7-13-5-14(16)15(18-8-13)20-9-19-11(3)12(20)4/h5,8-10,17H,6-7H2,1-4H3. The van der Waals surface area contributed by atoms with Crippen LogP contribution in [0.2, 0.25) is 5.02 Å². The number of nitrogens with zero attached hydrogens (tertiary/aromatic N) is 3. The molecule has 0 fully saturated rings. The van der Waals surface area contributed by atoms with Gasteiger partial charge in [0.1, 0.15) is 6.33 Å².